The molecule has 0 amide bonds. The number of hydrogen-bond acceptors (Lipinski definition) is 2. The van der Waals surface area contributed by atoms with Crippen molar-refractivity contribution in [2.24, 2.45) is 0 Å². The highest BCUT2D eigenvalue weighted by Crippen LogP contribution is 2.20. The minimum atomic E-state index is -0.816. The molecule has 4 heteroatoms. The Bertz CT molecular complexity index is 351. The monoisotopic (exact) mass is 241 g/mol. The molecule has 0 aliphatic heterocycles. The molecule has 3 nitrogen and oxygen atoms in total. The standard InChI is InChI=1S/C12H16ClNO2/c1-3-8-14(9(2)12(15)16)11-6-4-10(13)5-7-11/h4-7,9H,3,8H2,1-2H3,(H,15,16)/t9-/m0/s1. The number of halogens is 1. The van der Waals surface area contributed by atoms with Crippen LogP contribution in [0.15, 0.2) is 24.3 Å². The maximum atomic E-state index is 11.0. The molecule has 0 saturated carbocycles. The number of rotatable bonds is 5. The molecule has 0 fully saturated rings. The maximum Gasteiger partial charge on any atom is 0.326 e. The van der Waals surface area contributed by atoms with Gasteiger partial charge in [0.05, 0.1) is 0 Å². The van der Waals surface area contributed by atoms with Crippen molar-refractivity contribution < 1.29 is 9.90 Å². The zero-order chi connectivity index (χ0) is 12.1. The molecule has 0 bridgehead atoms. The van der Waals surface area contributed by atoms with Gasteiger partial charge in [-0.2, -0.15) is 0 Å². The lowest BCUT2D eigenvalue weighted by atomic mass is 10.2. The molecule has 1 aromatic carbocycles. The summed E-state index contributed by atoms with van der Waals surface area (Å²) < 4.78 is 0. The third-order valence-electron chi connectivity index (χ3n) is 2.45. The summed E-state index contributed by atoms with van der Waals surface area (Å²) in [5.74, 6) is -0.816. The summed E-state index contributed by atoms with van der Waals surface area (Å²) in [6.45, 7) is 4.43. The number of aliphatic carboxylic acids is 1. The van der Waals surface area contributed by atoms with Gasteiger partial charge in [0.25, 0.3) is 0 Å². The van der Waals surface area contributed by atoms with E-state index >= 15 is 0 Å². The molecule has 0 saturated heterocycles. The van der Waals surface area contributed by atoms with Crippen LogP contribution in [0.3, 0.4) is 0 Å². The molecule has 0 spiro atoms. The summed E-state index contributed by atoms with van der Waals surface area (Å²) in [5.41, 5.74) is 0.890. The fourth-order valence-corrected chi connectivity index (χ4v) is 1.68. The van der Waals surface area contributed by atoms with Gasteiger partial charge in [-0.1, -0.05) is 18.5 Å². The van der Waals surface area contributed by atoms with Gasteiger partial charge < -0.3 is 10.0 Å². The molecule has 1 N–H and O–H groups in total. The highest BCUT2D eigenvalue weighted by atomic mass is 35.5. The lowest BCUT2D eigenvalue weighted by molar-refractivity contribution is -0.138. The van der Waals surface area contributed by atoms with Crippen molar-refractivity contribution in [3.8, 4) is 0 Å². The van der Waals surface area contributed by atoms with E-state index in [1.165, 1.54) is 0 Å². The molecule has 0 heterocycles. The molecule has 1 atom stereocenters. The van der Waals surface area contributed by atoms with Crippen molar-refractivity contribution in [3.63, 3.8) is 0 Å². The molecule has 0 aliphatic carbocycles. The first-order valence-corrected chi connectivity index (χ1v) is 5.69. The Morgan fingerprint density at radius 3 is 2.44 bits per heavy atom. The van der Waals surface area contributed by atoms with Crippen molar-refractivity contribution in [1.29, 1.82) is 0 Å². The van der Waals surface area contributed by atoms with Crippen molar-refractivity contribution in [2.75, 3.05) is 11.4 Å². The molecule has 0 aliphatic rings. The summed E-state index contributed by atoms with van der Waals surface area (Å²) in [6.07, 6.45) is 0.903. The number of nitrogens with zero attached hydrogens (tertiary/aromatic N) is 1. The van der Waals surface area contributed by atoms with Crippen molar-refractivity contribution in [1.82, 2.24) is 0 Å². The lowest BCUT2D eigenvalue weighted by Crippen LogP contribution is -2.39. The van der Waals surface area contributed by atoms with E-state index in [0.29, 0.717) is 5.02 Å². The van der Waals surface area contributed by atoms with Gasteiger partial charge in [0.15, 0.2) is 0 Å². The first kappa shape index (κ1) is 12.8. The second-order valence-corrected chi connectivity index (χ2v) is 4.12. The SMILES string of the molecule is CCCN(c1ccc(Cl)cc1)[C@@H](C)C(=O)O. The van der Waals surface area contributed by atoms with Crippen molar-refractivity contribution in [3.05, 3.63) is 29.3 Å². The van der Waals surface area contributed by atoms with Gasteiger partial charge in [-0.05, 0) is 37.6 Å². The zero-order valence-corrected chi connectivity index (χ0v) is 10.2. The topological polar surface area (TPSA) is 40.5 Å². The largest absolute Gasteiger partial charge is 0.480 e. The second-order valence-electron chi connectivity index (χ2n) is 3.68. The molecular formula is C12H16ClNO2. The number of benzene rings is 1. The number of anilines is 1. The van der Waals surface area contributed by atoms with Gasteiger partial charge >= 0.3 is 5.97 Å². The van der Waals surface area contributed by atoms with Gasteiger partial charge in [-0.3, -0.25) is 0 Å². The average Bonchev–Trinajstić information content (AvgIpc) is 2.26. The van der Waals surface area contributed by atoms with E-state index in [2.05, 4.69) is 0 Å². The predicted octanol–water partition coefficient (Wildman–Crippen LogP) is 3.03. The van der Waals surface area contributed by atoms with E-state index in [0.717, 1.165) is 18.7 Å². The van der Waals surface area contributed by atoms with Crippen LogP contribution < -0.4 is 4.90 Å². The Morgan fingerprint density at radius 2 is 2.00 bits per heavy atom. The van der Waals surface area contributed by atoms with E-state index in [9.17, 15) is 4.79 Å². The first-order chi connectivity index (χ1) is 7.56. The van der Waals surface area contributed by atoms with Crippen LogP contribution in [-0.4, -0.2) is 23.7 Å². The van der Waals surface area contributed by atoms with Crippen LogP contribution in [0, 0.1) is 0 Å². The Morgan fingerprint density at radius 1 is 1.44 bits per heavy atom. The average molecular weight is 242 g/mol. The Balaban J connectivity index is 2.92. The summed E-state index contributed by atoms with van der Waals surface area (Å²) in [5, 5.41) is 9.68. The Kier molecular flexibility index (Phi) is 4.62. The molecule has 1 rings (SSSR count). The number of hydrogen-bond donors (Lipinski definition) is 1. The molecule has 0 radical (unpaired) electrons. The Hall–Kier alpha value is -1.22. The summed E-state index contributed by atoms with van der Waals surface area (Å²) in [6, 6.07) is 6.71. The quantitative estimate of drug-likeness (QED) is 0.862. The fraction of sp³-hybridized carbons (Fsp3) is 0.417. The van der Waals surface area contributed by atoms with Gasteiger partial charge in [0.2, 0.25) is 0 Å². The highest BCUT2D eigenvalue weighted by molar-refractivity contribution is 6.30. The number of carbonyl (C=O) groups is 1. The Labute approximate surface area is 101 Å². The van der Waals surface area contributed by atoms with E-state index < -0.39 is 12.0 Å². The lowest BCUT2D eigenvalue weighted by Gasteiger charge is -2.28. The van der Waals surface area contributed by atoms with E-state index in [1.54, 1.807) is 19.1 Å². The molecule has 0 aromatic heterocycles. The van der Waals surface area contributed by atoms with Crippen LogP contribution in [-0.2, 0) is 4.79 Å². The normalized spacial score (nSPS) is 12.2. The molecule has 1 aromatic rings. The van der Waals surface area contributed by atoms with Crippen molar-refractivity contribution in [2.45, 2.75) is 26.3 Å². The van der Waals surface area contributed by atoms with Gasteiger partial charge in [-0.15, -0.1) is 0 Å². The van der Waals surface area contributed by atoms with Crippen LogP contribution in [0.25, 0.3) is 0 Å². The van der Waals surface area contributed by atoms with Crippen molar-refractivity contribution >= 4 is 23.3 Å². The van der Waals surface area contributed by atoms with E-state index in [-0.39, 0.29) is 0 Å². The number of carboxylic acid groups (broad SMARTS) is 1. The van der Waals surface area contributed by atoms with Crippen LogP contribution in [0.4, 0.5) is 5.69 Å². The zero-order valence-electron chi connectivity index (χ0n) is 9.48. The predicted molar refractivity (Wildman–Crippen MR) is 66.2 cm³/mol. The molecule has 88 valence electrons. The summed E-state index contributed by atoms with van der Waals surface area (Å²) >= 11 is 5.80. The van der Waals surface area contributed by atoms with Crippen LogP contribution in [0.5, 0.6) is 0 Å². The van der Waals surface area contributed by atoms with Gasteiger partial charge in [0.1, 0.15) is 6.04 Å². The van der Waals surface area contributed by atoms with Crippen LogP contribution in [0.2, 0.25) is 5.02 Å². The van der Waals surface area contributed by atoms with Crippen LogP contribution >= 0.6 is 11.6 Å². The minimum Gasteiger partial charge on any atom is -0.480 e. The fourth-order valence-electron chi connectivity index (χ4n) is 1.55. The summed E-state index contributed by atoms with van der Waals surface area (Å²) in [7, 11) is 0. The highest BCUT2D eigenvalue weighted by Gasteiger charge is 2.19. The van der Waals surface area contributed by atoms with Crippen LogP contribution in [0.1, 0.15) is 20.3 Å². The molecule has 0 unspecified atom stereocenters. The number of carboxylic acids is 1. The second kappa shape index (κ2) is 5.75. The minimum absolute atomic E-state index is 0.527. The third kappa shape index (κ3) is 3.14. The van der Waals surface area contributed by atoms with E-state index in [4.69, 9.17) is 16.7 Å². The third-order valence-corrected chi connectivity index (χ3v) is 2.70. The van der Waals surface area contributed by atoms with Gasteiger partial charge in [-0.25, -0.2) is 4.79 Å². The van der Waals surface area contributed by atoms with E-state index in [1.807, 2.05) is 24.0 Å². The summed E-state index contributed by atoms with van der Waals surface area (Å²) in [4.78, 5) is 12.8. The maximum absolute atomic E-state index is 11.0. The van der Waals surface area contributed by atoms with Gasteiger partial charge in [0, 0.05) is 17.3 Å². The molecule has 16 heavy (non-hydrogen) atoms. The first-order valence-electron chi connectivity index (χ1n) is 5.31. The smallest absolute Gasteiger partial charge is 0.326 e. The molecular weight excluding hydrogens is 226 g/mol.